The molecule has 1 rings (SSSR count). The Kier molecular flexibility index (Phi) is 3.52. The molecule has 1 unspecified atom stereocenters. The van der Waals surface area contributed by atoms with E-state index in [2.05, 4.69) is 40.4 Å². The van der Waals surface area contributed by atoms with E-state index in [1.165, 1.54) is 4.88 Å². The summed E-state index contributed by atoms with van der Waals surface area (Å²) in [6, 6.07) is 4.47. The van der Waals surface area contributed by atoms with Crippen LogP contribution in [0.3, 0.4) is 0 Å². The van der Waals surface area contributed by atoms with Crippen LogP contribution in [0.15, 0.2) is 15.9 Å². The van der Waals surface area contributed by atoms with Crippen LogP contribution in [0.4, 0.5) is 0 Å². The van der Waals surface area contributed by atoms with Gasteiger partial charge in [-0.05, 0) is 35.3 Å². The minimum atomic E-state index is -0.204. The van der Waals surface area contributed by atoms with Crippen LogP contribution in [0.2, 0.25) is 0 Å². The number of nitriles is 1. The van der Waals surface area contributed by atoms with Crippen LogP contribution >= 0.6 is 27.3 Å². The number of thiophene rings is 1. The van der Waals surface area contributed by atoms with Gasteiger partial charge in [0.2, 0.25) is 0 Å². The molecule has 0 spiro atoms. The molecule has 0 N–H and O–H groups in total. The molecular formula is C10H12BrNS. The van der Waals surface area contributed by atoms with Gasteiger partial charge in [0.1, 0.15) is 0 Å². The lowest BCUT2D eigenvalue weighted by atomic mass is 9.85. The van der Waals surface area contributed by atoms with E-state index in [1.807, 2.05) is 6.92 Å². The van der Waals surface area contributed by atoms with Gasteiger partial charge in [0.05, 0.1) is 11.5 Å². The molecule has 0 aromatic carbocycles. The molecule has 0 amide bonds. The third-order valence-electron chi connectivity index (χ3n) is 2.24. The highest BCUT2D eigenvalue weighted by molar-refractivity contribution is 9.10. The van der Waals surface area contributed by atoms with Crippen molar-refractivity contribution < 1.29 is 0 Å². The molecule has 0 radical (unpaired) electrons. The minimum absolute atomic E-state index is 0.204. The third kappa shape index (κ3) is 2.82. The monoisotopic (exact) mass is 257 g/mol. The van der Waals surface area contributed by atoms with Gasteiger partial charge >= 0.3 is 0 Å². The molecule has 0 bridgehead atoms. The average Bonchev–Trinajstić information content (AvgIpc) is 2.51. The van der Waals surface area contributed by atoms with Crippen molar-refractivity contribution in [2.45, 2.75) is 26.7 Å². The van der Waals surface area contributed by atoms with E-state index < -0.39 is 0 Å². The number of rotatable bonds is 3. The zero-order valence-corrected chi connectivity index (χ0v) is 10.2. The van der Waals surface area contributed by atoms with E-state index in [9.17, 15) is 0 Å². The first-order valence-corrected chi connectivity index (χ1v) is 5.91. The highest BCUT2D eigenvalue weighted by Crippen LogP contribution is 2.30. The summed E-state index contributed by atoms with van der Waals surface area (Å²) >= 11 is 5.12. The van der Waals surface area contributed by atoms with E-state index in [-0.39, 0.29) is 5.41 Å². The van der Waals surface area contributed by atoms with Crippen LogP contribution in [0, 0.1) is 16.7 Å². The zero-order chi connectivity index (χ0) is 9.90. The molecule has 0 aliphatic carbocycles. The van der Waals surface area contributed by atoms with E-state index in [0.717, 1.165) is 17.3 Å². The first kappa shape index (κ1) is 10.7. The van der Waals surface area contributed by atoms with E-state index >= 15 is 0 Å². The number of hydrogen-bond donors (Lipinski definition) is 0. The highest BCUT2D eigenvalue weighted by atomic mass is 79.9. The fraction of sp³-hybridized carbons (Fsp3) is 0.500. The van der Waals surface area contributed by atoms with Gasteiger partial charge in [-0.25, -0.2) is 0 Å². The Morgan fingerprint density at radius 1 is 1.69 bits per heavy atom. The Balaban J connectivity index is 2.74. The Hall–Kier alpha value is -0.330. The summed E-state index contributed by atoms with van der Waals surface area (Å²) < 4.78 is 1.11. The van der Waals surface area contributed by atoms with E-state index in [1.54, 1.807) is 11.3 Å². The first-order chi connectivity index (χ1) is 6.09. The smallest absolute Gasteiger partial charge is 0.0690 e. The lowest BCUT2D eigenvalue weighted by Gasteiger charge is -2.17. The maximum absolute atomic E-state index is 9.00. The van der Waals surface area contributed by atoms with Crippen LogP contribution in [0.5, 0.6) is 0 Å². The molecule has 0 saturated heterocycles. The first-order valence-electron chi connectivity index (χ1n) is 4.24. The molecule has 70 valence electrons. The second-order valence-corrected chi connectivity index (χ2v) is 5.35. The lowest BCUT2D eigenvalue weighted by molar-refractivity contribution is 0.426. The van der Waals surface area contributed by atoms with Crippen molar-refractivity contribution in [3.05, 3.63) is 20.8 Å². The van der Waals surface area contributed by atoms with Gasteiger partial charge in [0.25, 0.3) is 0 Å². The fourth-order valence-electron chi connectivity index (χ4n) is 1.07. The molecule has 13 heavy (non-hydrogen) atoms. The number of nitrogens with zero attached hydrogens (tertiary/aromatic N) is 1. The van der Waals surface area contributed by atoms with Crippen LogP contribution in [-0.4, -0.2) is 0 Å². The van der Waals surface area contributed by atoms with Crippen LogP contribution in [0.1, 0.15) is 25.1 Å². The van der Waals surface area contributed by atoms with Crippen molar-refractivity contribution in [2.75, 3.05) is 0 Å². The number of halogens is 1. The summed E-state index contributed by atoms with van der Waals surface area (Å²) in [5.41, 5.74) is -0.204. The van der Waals surface area contributed by atoms with Crippen molar-refractivity contribution in [1.29, 1.82) is 5.26 Å². The van der Waals surface area contributed by atoms with Crippen molar-refractivity contribution in [1.82, 2.24) is 0 Å². The van der Waals surface area contributed by atoms with Gasteiger partial charge in [-0.3, -0.25) is 0 Å². The maximum Gasteiger partial charge on any atom is 0.0690 e. The third-order valence-corrected chi connectivity index (χ3v) is 3.93. The molecule has 0 saturated carbocycles. The summed E-state index contributed by atoms with van der Waals surface area (Å²) in [5, 5.41) is 11.1. The SMILES string of the molecule is CCC(C)(C#N)Cc1cc(Br)cs1. The highest BCUT2D eigenvalue weighted by Gasteiger charge is 2.22. The second-order valence-electron chi connectivity index (χ2n) is 3.43. The average molecular weight is 258 g/mol. The molecule has 1 aromatic heterocycles. The van der Waals surface area contributed by atoms with E-state index in [0.29, 0.717) is 0 Å². The zero-order valence-electron chi connectivity index (χ0n) is 7.80. The fourth-order valence-corrected chi connectivity index (χ4v) is 2.71. The summed E-state index contributed by atoms with van der Waals surface area (Å²) in [7, 11) is 0. The predicted molar refractivity (Wildman–Crippen MR) is 59.7 cm³/mol. The van der Waals surface area contributed by atoms with Crippen LogP contribution < -0.4 is 0 Å². The molecular weight excluding hydrogens is 246 g/mol. The predicted octanol–water partition coefficient (Wildman–Crippen LogP) is 3.99. The Bertz CT molecular complexity index is 326. The van der Waals surface area contributed by atoms with Crippen molar-refractivity contribution in [2.24, 2.45) is 5.41 Å². The summed E-state index contributed by atoms with van der Waals surface area (Å²) in [6.07, 6.45) is 1.76. The quantitative estimate of drug-likeness (QED) is 0.804. The molecule has 1 aromatic rings. The number of hydrogen-bond acceptors (Lipinski definition) is 2. The lowest BCUT2D eigenvalue weighted by Crippen LogP contribution is -2.14. The van der Waals surface area contributed by atoms with Gasteiger partial charge < -0.3 is 0 Å². The van der Waals surface area contributed by atoms with Crippen molar-refractivity contribution in [3.63, 3.8) is 0 Å². The standard InChI is InChI=1S/C10H12BrNS/c1-3-10(2,7-12)5-9-4-8(11)6-13-9/h4,6H,3,5H2,1-2H3. The summed E-state index contributed by atoms with van der Waals surface area (Å²) in [6.45, 7) is 4.08. The van der Waals surface area contributed by atoms with Gasteiger partial charge in [0, 0.05) is 21.2 Å². The molecule has 0 aliphatic heterocycles. The molecule has 1 nitrogen and oxygen atoms in total. The van der Waals surface area contributed by atoms with Gasteiger partial charge in [-0.1, -0.05) is 6.92 Å². The van der Waals surface area contributed by atoms with Crippen molar-refractivity contribution >= 4 is 27.3 Å². The Morgan fingerprint density at radius 2 is 2.38 bits per heavy atom. The molecule has 1 atom stereocenters. The van der Waals surface area contributed by atoms with Crippen LogP contribution in [0.25, 0.3) is 0 Å². The molecule has 1 heterocycles. The largest absolute Gasteiger partial charge is 0.198 e. The molecule has 0 aliphatic rings. The summed E-state index contributed by atoms with van der Waals surface area (Å²) in [5.74, 6) is 0. The Morgan fingerprint density at radius 3 is 2.77 bits per heavy atom. The summed E-state index contributed by atoms with van der Waals surface area (Å²) in [4.78, 5) is 1.28. The van der Waals surface area contributed by atoms with Gasteiger partial charge in [-0.15, -0.1) is 11.3 Å². The Labute approximate surface area is 91.5 Å². The molecule has 3 heteroatoms. The minimum Gasteiger partial charge on any atom is -0.198 e. The van der Waals surface area contributed by atoms with Crippen molar-refractivity contribution in [3.8, 4) is 6.07 Å². The molecule has 0 fully saturated rings. The second kappa shape index (κ2) is 4.26. The van der Waals surface area contributed by atoms with Crippen LogP contribution in [-0.2, 0) is 6.42 Å². The van der Waals surface area contributed by atoms with Gasteiger partial charge in [0.15, 0.2) is 0 Å². The maximum atomic E-state index is 9.00. The topological polar surface area (TPSA) is 23.8 Å². The normalized spacial score (nSPS) is 14.9. The van der Waals surface area contributed by atoms with Gasteiger partial charge in [-0.2, -0.15) is 5.26 Å². The van der Waals surface area contributed by atoms with E-state index in [4.69, 9.17) is 5.26 Å².